The lowest BCUT2D eigenvalue weighted by Gasteiger charge is -2.35. The quantitative estimate of drug-likeness (QED) is 0.624. The minimum Gasteiger partial charge on any atom is -0.493 e. The van der Waals surface area contributed by atoms with Crippen LogP contribution in [0.4, 0.5) is 0 Å². The first kappa shape index (κ1) is 22.9. The number of hydrogen-bond donors (Lipinski definition) is 0. The molecule has 31 heavy (non-hydrogen) atoms. The predicted octanol–water partition coefficient (Wildman–Crippen LogP) is 3.59. The summed E-state index contributed by atoms with van der Waals surface area (Å²) in [4.78, 5) is 28.9. The van der Waals surface area contributed by atoms with Gasteiger partial charge in [-0.2, -0.15) is 0 Å². The van der Waals surface area contributed by atoms with E-state index in [4.69, 9.17) is 21.1 Å². The van der Waals surface area contributed by atoms with Gasteiger partial charge in [0.05, 0.1) is 20.1 Å². The van der Waals surface area contributed by atoms with Gasteiger partial charge in [0.2, 0.25) is 11.8 Å². The molecule has 166 valence electrons. The Hall–Kier alpha value is -2.73. The molecule has 0 saturated carbocycles. The summed E-state index contributed by atoms with van der Waals surface area (Å²) in [7, 11) is 1.61. The van der Waals surface area contributed by atoms with Crippen LogP contribution in [0.1, 0.15) is 24.5 Å². The Bertz CT molecular complexity index is 893. The van der Waals surface area contributed by atoms with Crippen LogP contribution in [0.2, 0.25) is 5.02 Å². The van der Waals surface area contributed by atoms with Crippen molar-refractivity contribution in [2.24, 2.45) is 0 Å². The van der Waals surface area contributed by atoms with Crippen molar-refractivity contribution in [1.82, 2.24) is 9.80 Å². The number of rotatable bonds is 8. The lowest BCUT2D eigenvalue weighted by atomic mass is 10.1. The van der Waals surface area contributed by atoms with Crippen molar-refractivity contribution < 1.29 is 19.1 Å². The van der Waals surface area contributed by atoms with Crippen molar-refractivity contribution in [1.29, 1.82) is 0 Å². The number of carbonyl (C=O) groups is 2. The number of hydrogen-bond acceptors (Lipinski definition) is 4. The van der Waals surface area contributed by atoms with E-state index in [9.17, 15) is 9.59 Å². The summed E-state index contributed by atoms with van der Waals surface area (Å²) in [5, 5.41) is 0.659. The Kier molecular flexibility index (Phi) is 8.18. The molecule has 2 aromatic rings. The molecule has 2 aromatic carbocycles. The van der Waals surface area contributed by atoms with Gasteiger partial charge in [0.1, 0.15) is 0 Å². The lowest BCUT2D eigenvalue weighted by molar-refractivity contribution is -0.139. The van der Waals surface area contributed by atoms with Crippen molar-refractivity contribution in [2.75, 3.05) is 39.9 Å². The molecule has 0 N–H and O–H groups in total. The van der Waals surface area contributed by atoms with Gasteiger partial charge in [0, 0.05) is 37.6 Å². The second kappa shape index (κ2) is 11.0. The molecule has 2 amide bonds. The smallest absolute Gasteiger partial charge is 0.227 e. The summed E-state index contributed by atoms with van der Waals surface area (Å²) in [5.74, 6) is 1.58. The van der Waals surface area contributed by atoms with E-state index in [1.807, 2.05) is 47.1 Å². The molecule has 1 heterocycles. The number of piperazine rings is 1. The number of aryl methyl sites for hydroxylation is 1. The first-order valence-electron chi connectivity index (χ1n) is 10.6. The fraction of sp³-hybridized carbons (Fsp3) is 0.417. The Morgan fingerprint density at radius 2 is 1.52 bits per heavy atom. The van der Waals surface area contributed by atoms with E-state index < -0.39 is 0 Å². The fourth-order valence-electron chi connectivity index (χ4n) is 3.65. The maximum absolute atomic E-state index is 12.6. The third-order valence-corrected chi connectivity index (χ3v) is 5.66. The van der Waals surface area contributed by atoms with E-state index >= 15 is 0 Å². The van der Waals surface area contributed by atoms with Crippen LogP contribution in [0, 0.1) is 0 Å². The van der Waals surface area contributed by atoms with Crippen molar-refractivity contribution in [2.45, 2.75) is 26.2 Å². The monoisotopic (exact) mass is 444 g/mol. The van der Waals surface area contributed by atoms with Gasteiger partial charge < -0.3 is 19.3 Å². The molecule has 0 atom stereocenters. The van der Waals surface area contributed by atoms with Gasteiger partial charge in [-0.05, 0) is 48.7 Å². The van der Waals surface area contributed by atoms with E-state index in [-0.39, 0.29) is 11.8 Å². The van der Waals surface area contributed by atoms with E-state index in [0.717, 1.165) is 11.1 Å². The highest BCUT2D eigenvalue weighted by molar-refractivity contribution is 6.30. The zero-order valence-electron chi connectivity index (χ0n) is 18.1. The highest BCUT2D eigenvalue weighted by Crippen LogP contribution is 2.28. The van der Waals surface area contributed by atoms with Crippen LogP contribution < -0.4 is 9.47 Å². The summed E-state index contributed by atoms with van der Waals surface area (Å²) < 4.78 is 10.9. The average Bonchev–Trinajstić information content (AvgIpc) is 2.80. The molecule has 0 bridgehead atoms. The van der Waals surface area contributed by atoms with Crippen molar-refractivity contribution in [3.63, 3.8) is 0 Å². The van der Waals surface area contributed by atoms with Crippen LogP contribution in [0.25, 0.3) is 0 Å². The minimum absolute atomic E-state index is 0.0795. The predicted molar refractivity (Wildman–Crippen MR) is 121 cm³/mol. The topological polar surface area (TPSA) is 59.1 Å². The van der Waals surface area contributed by atoms with E-state index in [2.05, 4.69) is 0 Å². The van der Waals surface area contributed by atoms with Gasteiger partial charge in [-0.3, -0.25) is 9.59 Å². The molecule has 0 aliphatic carbocycles. The molecule has 0 spiro atoms. The molecular weight excluding hydrogens is 416 g/mol. The first-order chi connectivity index (χ1) is 15.0. The molecule has 1 aliphatic heterocycles. The number of nitrogens with zero attached hydrogens (tertiary/aromatic N) is 2. The largest absolute Gasteiger partial charge is 0.493 e. The fourth-order valence-corrected chi connectivity index (χ4v) is 3.77. The Balaban J connectivity index is 1.45. The Morgan fingerprint density at radius 3 is 2.13 bits per heavy atom. The van der Waals surface area contributed by atoms with Crippen molar-refractivity contribution in [3.05, 3.63) is 58.6 Å². The number of benzene rings is 2. The van der Waals surface area contributed by atoms with Crippen molar-refractivity contribution in [3.8, 4) is 11.5 Å². The van der Waals surface area contributed by atoms with Crippen molar-refractivity contribution >= 4 is 23.4 Å². The van der Waals surface area contributed by atoms with Gasteiger partial charge in [0.15, 0.2) is 11.5 Å². The van der Waals surface area contributed by atoms with Gasteiger partial charge in [0.25, 0.3) is 0 Å². The van der Waals surface area contributed by atoms with E-state index in [1.165, 1.54) is 0 Å². The zero-order chi connectivity index (χ0) is 22.2. The molecule has 0 unspecified atom stereocenters. The maximum atomic E-state index is 12.6. The van der Waals surface area contributed by atoms with Crippen LogP contribution in [0.5, 0.6) is 11.5 Å². The lowest BCUT2D eigenvalue weighted by Crippen LogP contribution is -2.51. The molecule has 7 heteroatoms. The van der Waals surface area contributed by atoms with E-state index in [1.54, 1.807) is 19.2 Å². The average molecular weight is 445 g/mol. The Morgan fingerprint density at radius 1 is 0.903 bits per heavy atom. The third-order valence-electron chi connectivity index (χ3n) is 5.41. The maximum Gasteiger partial charge on any atom is 0.227 e. The minimum atomic E-state index is 0.0795. The molecule has 1 fully saturated rings. The van der Waals surface area contributed by atoms with Crippen LogP contribution in [0.15, 0.2) is 42.5 Å². The molecule has 1 saturated heterocycles. The molecule has 3 rings (SSSR count). The Labute approximate surface area is 188 Å². The number of amides is 2. The molecular formula is C24H29ClN2O4. The molecule has 1 aliphatic rings. The molecule has 6 nitrogen and oxygen atoms in total. The van der Waals surface area contributed by atoms with Gasteiger partial charge in [-0.1, -0.05) is 29.8 Å². The summed E-state index contributed by atoms with van der Waals surface area (Å²) in [6, 6.07) is 13.1. The summed E-state index contributed by atoms with van der Waals surface area (Å²) in [6.07, 6.45) is 1.41. The number of halogens is 1. The number of methoxy groups -OCH3 is 1. The highest BCUT2D eigenvalue weighted by atomic mass is 35.5. The zero-order valence-corrected chi connectivity index (χ0v) is 18.9. The number of ether oxygens (including phenoxy) is 2. The van der Waals surface area contributed by atoms with Gasteiger partial charge in [-0.15, -0.1) is 0 Å². The molecule has 0 radical (unpaired) electrons. The van der Waals surface area contributed by atoms with Crippen LogP contribution in [-0.2, 0) is 22.4 Å². The van der Waals surface area contributed by atoms with Gasteiger partial charge >= 0.3 is 0 Å². The van der Waals surface area contributed by atoms with Gasteiger partial charge in [-0.25, -0.2) is 0 Å². The number of carbonyl (C=O) groups excluding carboxylic acids is 2. The van der Waals surface area contributed by atoms with Crippen LogP contribution >= 0.6 is 11.6 Å². The summed E-state index contributed by atoms with van der Waals surface area (Å²) in [6.45, 7) is 4.76. The van der Waals surface area contributed by atoms with E-state index in [0.29, 0.717) is 68.6 Å². The summed E-state index contributed by atoms with van der Waals surface area (Å²) >= 11 is 5.90. The van der Waals surface area contributed by atoms with Crippen LogP contribution in [-0.4, -0.2) is 61.5 Å². The SMILES string of the molecule is CCOc1ccc(CCC(=O)N2CCN(C(=O)Cc3ccc(Cl)cc3)CC2)cc1OC. The molecule has 0 aromatic heterocycles. The standard InChI is InChI=1S/C24H29ClN2O4/c1-3-31-21-10-6-18(16-22(21)30-2)7-11-23(28)26-12-14-27(15-13-26)24(29)17-19-4-8-20(25)9-5-19/h4-6,8-10,16H,3,7,11-15,17H2,1-2H3. The second-order valence-electron chi connectivity index (χ2n) is 7.48. The first-order valence-corrected chi connectivity index (χ1v) is 11.0. The summed E-state index contributed by atoms with van der Waals surface area (Å²) in [5.41, 5.74) is 1.98. The second-order valence-corrected chi connectivity index (χ2v) is 7.92. The normalized spacial score (nSPS) is 13.8. The highest BCUT2D eigenvalue weighted by Gasteiger charge is 2.24. The third kappa shape index (κ3) is 6.37. The van der Waals surface area contributed by atoms with Crippen LogP contribution in [0.3, 0.4) is 0 Å².